The number of benzene rings is 1. The number of carboxylic acid groups (broad SMARTS) is 1. The van der Waals surface area contributed by atoms with E-state index in [1.807, 2.05) is 12.1 Å². The highest BCUT2D eigenvalue weighted by Crippen LogP contribution is 2.32. The summed E-state index contributed by atoms with van der Waals surface area (Å²) in [5.74, 6) is 1.58. The Morgan fingerprint density at radius 1 is 1.39 bits per heavy atom. The Bertz CT molecular complexity index is 509. The van der Waals surface area contributed by atoms with Crippen molar-refractivity contribution in [1.82, 2.24) is 4.90 Å². The maximum Gasteiger partial charge on any atom is 0.290 e. The van der Waals surface area contributed by atoms with Gasteiger partial charge in [0.25, 0.3) is 6.47 Å². The molecule has 128 valence electrons. The summed E-state index contributed by atoms with van der Waals surface area (Å²) in [5.41, 5.74) is 7.19. The van der Waals surface area contributed by atoms with Gasteiger partial charge >= 0.3 is 0 Å². The van der Waals surface area contributed by atoms with Crippen LogP contribution < -0.4 is 10.5 Å². The topological polar surface area (TPSA) is 75.8 Å². The Kier molecular flexibility index (Phi) is 7.15. The van der Waals surface area contributed by atoms with Crippen molar-refractivity contribution < 1.29 is 14.6 Å². The second-order valence-corrected chi connectivity index (χ2v) is 6.63. The molecule has 2 fully saturated rings. The van der Waals surface area contributed by atoms with Crippen LogP contribution in [-0.2, 0) is 11.2 Å². The van der Waals surface area contributed by atoms with E-state index in [9.17, 15) is 0 Å². The van der Waals surface area contributed by atoms with Gasteiger partial charge in [-0.05, 0) is 55.8 Å². The zero-order chi connectivity index (χ0) is 16.7. The molecule has 6 heteroatoms. The fourth-order valence-electron chi connectivity index (χ4n) is 2.66. The summed E-state index contributed by atoms with van der Waals surface area (Å²) in [6.45, 7) is 3.77. The molecule has 1 saturated heterocycles. The number of nitrogens with zero attached hydrogens (tertiary/aromatic N) is 1. The Morgan fingerprint density at radius 2 is 2.13 bits per heavy atom. The third kappa shape index (κ3) is 6.37. The van der Waals surface area contributed by atoms with Gasteiger partial charge in [-0.25, -0.2) is 0 Å². The Balaban J connectivity index is 0.000000595. The van der Waals surface area contributed by atoms with Crippen LogP contribution in [0.2, 0.25) is 5.02 Å². The standard InChI is InChI=1S/C16H23ClN2O.CH2O2/c17-15-9-12(5-7-19-8-6-14(18)10-19)3-4-16(15)20-11-13-1-2-13;2-1-3/h3-4,9,13-14H,1-2,5-8,10-11,18H2;1H,(H,2,3)/t14-;/m1./s1. The molecule has 0 radical (unpaired) electrons. The molecular formula is C17H25ClN2O3. The third-order valence-corrected chi connectivity index (χ3v) is 4.49. The maximum absolute atomic E-state index is 8.36. The van der Waals surface area contributed by atoms with Crippen LogP contribution in [0.3, 0.4) is 0 Å². The number of nitrogens with two attached hydrogens (primary N) is 1. The average Bonchev–Trinajstić information content (AvgIpc) is 3.26. The fourth-order valence-corrected chi connectivity index (χ4v) is 2.92. The quantitative estimate of drug-likeness (QED) is 0.778. The predicted octanol–water partition coefficient (Wildman–Crippen LogP) is 2.41. The van der Waals surface area contributed by atoms with Crippen LogP contribution in [0.5, 0.6) is 5.75 Å². The van der Waals surface area contributed by atoms with Crippen molar-refractivity contribution >= 4 is 18.1 Å². The molecule has 0 unspecified atom stereocenters. The molecule has 2 aliphatic rings. The first-order valence-corrected chi connectivity index (χ1v) is 8.47. The second kappa shape index (κ2) is 9.11. The van der Waals surface area contributed by atoms with E-state index in [-0.39, 0.29) is 6.47 Å². The first-order chi connectivity index (χ1) is 11.1. The molecule has 1 heterocycles. The van der Waals surface area contributed by atoms with Gasteiger partial charge in [-0.15, -0.1) is 0 Å². The molecule has 1 aromatic rings. The van der Waals surface area contributed by atoms with Crippen LogP contribution in [0.25, 0.3) is 0 Å². The van der Waals surface area contributed by atoms with E-state index in [0.29, 0.717) is 6.04 Å². The summed E-state index contributed by atoms with van der Waals surface area (Å²) >= 11 is 6.29. The van der Waals surface area contributed by atoms with Gasteiger partial charge in [-0.2, -0.15) is 0 Å². The van der Waals surface area contributed by atoms with E-state index < -0.39 is 0 Å². The zero-order valence-corrected chi connectivity index (χ0v) is 14.0. The smallest absolute Gasteiger partial charge is 0.290 e. The lowest BCUT2D eigenvalue weighted by molar-refractivity contribution is -0.122. The van der Waals surface area contributed by atoms with E-state index in [2.05, 4.69) is 11.0 Å². The van der Waals surface area contributed by atoms with Gasteiger partial charge in [0.15, 0.2) is 0 Å². The first-order valence-electron chi connectivity index (χ1n) is 8.09. The molecule has 1 saturated carbocycles. The largest absolute Gasteiger partial charge is 0.492 e. The summed E-state index contributed by atoms with van der Waals surface area (Å²) in [6.07, 6.45) is 4.74. The Morgan fingerprint density at radius 3 is 2.70 bits per heavy atom. The molecule has 3 N–H and O–H groups in total. The normalized spacial score (nSPS) is 20.7. The van der Waals surface area contributed by atoms with Gasteiger partial charge < -0.3 is 20.5 Å². The molecule has 0 amide bonds. The number of carbonyl (C=O) groups is 1. The fraction of sp³-hybridized carbons (Fsp3) is 0.588. The van der Waals surface area contributed by atoms with Crippen molar-refractivity contribution in [2.45, 2.75) is 31.7 Å². The number of rotatable bonds is 6. The number of ether oxygens (including phenoxy) is 1. The van der Waals surface area contributed by atoms with E-state index in [1.165, 1.54) is 18.4 Å². The van der Waals surface area contributed by atoms with Gasteiger partial charge in [-0.3, -0.25) is 4.79 Å². The number of likely N-dealkylation sites (tertiary alicyclic amines) is 1. The van der Waals surface area contributed by atoms with Crippen LogP contribution in [0.15, 0.2) is 18.2 Å². The number of halogens is 1. The molecule has 1 aromatic carbocycles. The van der Waals surface area contributed by atoms with E-state index >= 15 is 0 Å². The highest BCUT2D eigenvalue weighted by molar-refractivity contribution is 6.32. The first kappa shape index (κ1) is 18.0. The third-order valence-electron chi connectivity index (χ3n) is 4.19. The van der Waals surface area contributed by atoms with Crippen LogP contribution >= 0.6 is 11.6 Å². The van der Waals surface area contributed by atoms with Crippen LogP contribution in [0, 0.1) is 5.92 Å². The highest BCUT2D eigenvalue weighted by atomic mass is 35.5. The minimum absolute atomic E-state index is 0.250. The molecule has 0 bridgehead atoms. The molecule has 5 nitrogen and oxygen atoms in total. The minimum Gasteiger partial charge on any atom is -0.492 e. The average molecular weight is 341 g/mol. The minimum atomic E-state index is -0.250. The zero-order valence-electron chi connectivity index (χ0n) is 13.3. The van der Waals surface area contributed by atoms with Gasteiger partial charge in [-0.1, -0.05) is 17.7 Å². The van der Waals surface area contributed by atoms with Crippen LogP contribution in [0.4, 0.5) is 0 Å². The molecule has 1 aliphatic heterocycles. The van der Waals surface area contributed by atoms with Crippen molar-refractivity contribution in [2.24, 2.45) is 11.7 Å². The van der Waals surface area contributed by atoms with Crippen LogP contribution in [-0.4, -0.2) is 48.8 Å². The van der Waals surface area contributed by atoms with Gasteiger partial charge in [0.05, 0.1) is 11.6 Å². The molecule has 3 rings (SSSR count). The molecule has 0 spiro atoms. The molecule has 1 aliphatic carbocycles. The maximum atomic E-state index is 8.36. The Hall–Kier alpha value is -1.30. The van der Waals surface area contributed by atoms with Crippen molar-refractivity contribution in [3.8, 4) is 5.75 Å². The lowest BCUT2D eigenvalue weighted by atomic mass is 10.1. The van der Waals surface area contributed by atoms with Gasteiger partial charge in [0.1, 0.15) is 5.75 Å². The number of hydrogen-bond donors (Lipinski definition) is 2. The van der Waals surface area contributed by atoms with Crippen LogP contribution in [0.1, 0.15) is 24.8 Å². The molecule has 0 aromatic heterocycles. The van der Waals surface area contributed by atoms with E-state index in [4.69, 9.17) is 32.0 Å². The lowest BCUT2D eigenvalue weighted by Gasteiger charge is -2.15. The summed E-state index contributed by atoms with van der Waals surface area (Å²) in [6, 6.07) is 6.54. The predicted molar refractivity (Wildman–Crippen MR) is 91.1 cm³/mol. The highest BCUT2D eigenvalue weighted by Gasteiger charge is 2.22. The van der Waals surface area contributed by atoms with Gasteiger partial charge in [0.2, 0.25) is 0 Å². The van der Waals surface area contributed by atoms with E-state index in [0.717, 1.165) is 55.8 Å². The number of hydrogen-bond acceptors (Lipinski definition) is 4. The van der Waals surface area contributed by atoms with Crippen molar-refractivity contribution in [3.05, 3.63) is 28.8 Å². The lowest BCUT2D eigenvalue weighted by Crippen LogP contribution is -2.28. The molecular weight excluding hydrogens is 316 g/mol. The molecule has 1 atom stereocenters. The molecule has 23 heavy (non-hydrogen) atoms. The summed E-state index contributed by atoms with van der Waals surface area (Å²) in [4.78, 5) is 10.8. The van der Waals surface area contributed by atoms with Crippen molar-refractivity contribution in [2.75, 3.05) is 26.2 Å². The summed E-state index contributed by atoms with van der Waals surface area (Å²) in [7, 11) is 0. The Labute approximate surface area is 142 Å². The van der Waals surface area contributed by atoms with Gasteiger partial charge in [0, 0.05) is 19.1 Å². The summed E-state index contributed by atoms with van der Waals surface area (Å²) in [5, 5.41) is 7.63. The second-order valence-electron chi connectivity index (χ2n) is 6.22. The van der Waals surface area contributed by atoms with E-state index in [1.54, 1.807) is 0 Å². The SMILES string of the molecule is N[C@@H]1CCN(CCc2ccc(OCC3CC3)c(Cl)c2)C1.O=CO. The summed E-state index contributed by atoms with van der Waals surface area (Å²) < 4.78 is 5.75. The van der Waals surface area contributed by atoms with Crippen molar-refractivity contribution in [1.29, 1.82) is 0 Å². The monoisotopic (exact) mass is 340 g/mol. The van der Waals surface area contributed by atoms with Crippen molar-refractivity contribution in [3.63, 3.8) is 0 Å².